The molecule has 3 saturated heterocycles. The summed E-state index contributed by atoms with van der Waals surface area (Å²) in [5.41, 5.74) is -0.731. The van der Waals surface area contributed by atoms with Crippen molar-refractivity contribution in [3.05, 3.63) is 23.7 Å². The summed E-state index contributed by atoms with van der Waals surface area (Å²) in [4.78, 5) is 2.33. The molecule has 0 saturated carbocycles. The molecule has 3 nitrogen and oxygen atoms in total. The molecule has 15 heavy (non-hydrogen) atoms. The minimum absolute atomic E-state index is 0.382. The lowest BCUT2D eigenvalue weighted by Crippen LogP contribution is -2.56. The van der Waals surface area contributed by atoms with Gasteiger partial charge in [0, 0.05) is 6.54 Å². The molecular formula is C12H17NO2. The minimum Gasteiger partial charge on any atom is -0.463 e. The fourth-order valence-electron chi connectivity index (χ4n) is 2.98. The van der Waals surface area contributed by atoms with Gasteiger partial charge in [-0.3, -0.25) is 4.90 Å². The van der Waals surface area contributed by atoms with E-state index in [9.17, 15) is 5.11 Å². The van der Waals surface area contributed by atoms with E-state index in [1.807, 2.05) is 19.1 Å². The maximum Gasteiger partial charge on any atom is 0.137 e. The third-order valence-electron chi connectivity index (χ3n) is 3.89. The first-order valence-corrected chi connectivity index (χ1v) is 5.70. The van der Waals surface area contributed by atoms with Crippen LogP contribution in [0.5, 0.6) is 0 Å². The van der Waals surface area contributed by atoms with Gasteiger partial charge in [0.05, 0.1) is 0 Å². The summed E-state index contributed by atoms with van der Waals surface area (Å²) in [6.45, 7) is 4.93. The van der Waals surface area contributed by atoms with Gasteiger partial charge in [-0.25, -0.2) is 0 Å². The highest BCUT2D eigenvalue weighted by atomic mass is 16.4. The SMILES string of the molecule is Cc1ccc(C2(O)CN3CCC2CC3)o1. The zero-order chi connectivity index (χ0) is 10.5. The van der Waals surface area contributed by atoms with Crippen molar-refractivity contribution in [2.45, 2.75) is 25.4 Å². The summed E-state index contributed by atoms with van der Waals surface area (Å²) in [6, 6.07) is 3.86. The van der Waals surface area contributed by atoms with Gasteiger partial charge >= 0.3 is 0 Å². The average molecular weight is 207 g/mol. The number of hydrogen-bond donors (Lipinski definition) is 1. The molecule has 1 atom stereocenters. The summed E-state index contributed by atoms with van der Waals surface area (Å²) in [7, 11) is 0. The Morgan fingerprint density at radius 3 is 2.60 bits per heavy atom. The molecule has 4 heterocycles. The molecule has 3 fully saturated rings. The van der Waals surface area contributed by atoms with Crippen LogP contribution < -0.4 is 0 Å². The highest BCUT2D eigenvalue weighted by Gasteiger charge is 2.48. The summed E-state index contributed by atoms with van der Waals surface area (Å²) in [6.07, 6.45) is 2.19. The van der Waals surface area contributed by atoms with Crippen molar-refractivity contribution in [2.24, 2.45) is 5.92 Å². The molecule has 1 N–H and O–H groups in total. The number of aryl methyl sites for hydroxylation is 1. The van der Waals surface area contributed by atoms with E-state index in [0.717, 1.165) is 44.0 Å². The molecule has 0 aromatic carbocycles. The maximum absolute atomic E-state index is 10.7. The summed E-state index contributed by atoms with van der Waals surface area (Å²) < 4.78 is 5.60. The molecule has 0 amide bonds. The van der Waals surface area contributed by atoms with E-state index < -0.39 is 5.60 Å². The van der Waals surface area contributed by atoms with Crippen molar-refractivity contribution in [2.75, 3.05) is 19.6 Å². The van der Waals surface area contributed by atoms with Crippen LogP contribution in [0.2, 0.25) is 0 Å². The number of nitrogens with zero attached hydrogens (tertiary/aromatic N) is 1. The first-order valence-electron chi connectivity index (χ1n) is 5.70. The summed E-state index contributed by atoms with van der Waals surface area (Å²) in [5, 5.41) is 10.7. The molecule has 1 unspecified atom stereocenters. The summed E-state index contributed by atoms with van der Waals surface area (Å²) in [5.74, 6) is 2.03. The molecule has 1 aromatic rings. The Morgan fingerprint density at radius 1 is 1.40 bits per heavy atom. The molecule has 0 radical (unpaired) electrons. The molecule has 4 rings (SSSR count). The summed E-state index contributed by atoms with van der Waals surface area (Å²) >= 11 is 0. The molecule has 2 bridgehead atoms. The van der Waals surface area contributed by atoms with Gasteiger partial charge in [-0.05, 0) is 50.9 Å². The first kappa shape index (κ1) is 9.43. The van der Waals surface area contributed by atoms with E-state index >= 15 is 0 Å². The smallest absolute Gasteiger partial charge is 0.137 e. The minimum atomic E-state index is -0.731. The van der Waals surface area contributed by atoms with Crippen LogP contribution in [0.1, 0.15) is 24.4 Å². The number of aliphatic hydroxyl groups is 1. The lowest BCUT2D eigenvalue weighted by atomic mass is 9.74. The van der Waals surface area contributed by atoms with Crippen LogP contribution in [0.4, 0.5) is 0 Å². The molecule has 1 aromatic heterocycles. The van der Waals surface area contributed by atoms with Gasteiger partial charge in [0.2, 0.25) is 0 Å². The standard InChI is InChI=1S/C12H17NO2/c1-9-2-3-11(15-9)12(14)8-13-6-4-10(12)5-7-13/h2-3,10,14H,4-8H2,1H3. The van der Waals surface area contributed by atoms with Gasteiger partial charge in [0.15, 0.2) is 0 Å². The van der Waals surface area contributed by atoms with Crippen LogP contribution in [-0.4, -0.2) is 29.6 Å². The van der Waals surface area contributed by atoms with E-state index in [2.05, 4.69) is 4.90 Å². The van der Waals surface area contributed by atoms with Gasteiger partial charge < -0.3 is 9.52 Å². The normalized spacial score (nSPS) is 39.6. The second-order valence-electron chi connectivity index (χ2n) is 4.88. The van der Waals surface area contributed by atoms with E-state index in [1.165, 1.54) is 0 Å². The maximum atomic E-state index is 10.7. The quantitative estimate of drug-likeness (QED) is 0.758. The Labute approximate surface area is 89.7 Å². The zero-order valence-corrected chi connectivity index (χ0v) is 9.07. The van der Waals surface area contributed by atoms with Crippen molar-refractivity contribution in [3.63, 3.8) is 0 Å². The molecule has 0 aliphatic carbocycles. The second kappa shape index (κ2) is 3.09. The zero-order valence-electron chi connectivity index (χ0n) is 9.07. The van der Waals surface area contributed by atoms with Gasteiger partial charge in [-0.2, -0.15) is 0 Å². The predicted molar refractivity (Wildman–Crippen MR) is 56.5 cm³/mol. The van der Waals surface area contributed by atoms with Crippen LogP contribution in [0.25, 0.3) is 0 Å². The van der Waals surface area contributed by atoms with Crippen LogP contribution in [0, 0.1) is 12.8 Å². The Bertz CT molecular complexity index is 365. The third-order valence-corrected chi connectivity index (χ3v) is 3.89. The van der Waals surface area contributed by atoms with Crippen LogP contribution >= 0.6 is 0 Å². The predicted octanol–water partition coefficient (Wildman–Crippen LogP) is 1.50. The van der Waals surface area contributed by atoms with Crippen molar-refractivity contribution in [1.29, 1.82) is 0 Å². The Morgan fingerprint density at radius 2 is 2.13 bits per heavy atom. The molecule has 82 valence electrons. The van der Waals surface area contributed by atoms with Crippen LogP contribution in [-0.2, 0) is 5.60 Å². The monoisotopic (exact) mass is 207 g/mol. The third kappa shape index (κ3) is 1.34. The lowest BCUT2D eigenvalue weighted by molar-refractivity contribution is -0.129. The second-order valence-corrected chi connectivity index (χ2v) is 4.88. The highest BCUT2D eigenvalue weighted by Crippen LogP contribution is 2.42. The Hall–Kier alpha value is -0.800. The Kier molecular flexibility index (Phi) is 1.94. The molecule has 3 aliphatic rings. The van der Waals surface area contributed by atoms with Gasteiger partial charge in [0.1, 0.15) is 17.1 Å². The fourth-order valence-corrected chi connectivity index (χ4v) is 2.98. The van der Waals surface area contributed by atoms with Gasteiger partial charge in [-0.1, -0.05) is 0 Å². The number of fused-ring (bicyclic) bond motifs is 3. The highest BCUT2D eigenvalue weighted by molar-refractivity contribution is 5.18. The van der Waals surface area contributed by atoms with Crippen LogP contribution in [0.15, 0.2) is 16.5 Å². The van der Waals surface area contributed by atoms with Crippen molar-refractivity contribution in [3.8, 4) is 0 Å². The number of rotatable bonds is 1. The molecule has 3 heteroatoms. The van der Waals surface area contributed by atoms with Crippen molar-refractivity contribution < 1.29 is 9.52 Å². The van der Waals surface area contributed by atoms with Crippen molar-refractivity contribution in [1.82, 2.24) is 4.90 Å². The first-order chi connectivity index (χ1) is 7.18. The molecule has 3 aliphatic heterocycles. The fraction of sp³-hybridized carbons (Fsp3) is 0.667. The molecular weight excluding hydrogens is 190 g/mol. The number of piperidine rings is 3. The van der Waals surface area contributed by atoms with Crippen molar-refractivity contribution >= 4 is 0 Å². The topological polar surface area (TPSA) is 36.6 Å². The Balaban J connectivity index is 1.96. The van der Waals surface area contributed by atoms with E-state index in [-0.39, 0.29) is 0 Å². The number of furan rings is 1. The largest absolute Gasteiger partial charge is 0.463 e. The van der Waals surface area contributed by atoms with Crippen LogP contribution in [0.3, 0.4) is 0 Å². The van der Waals surface area contributed by atoms with E-state index in [0.29, 0.717) is 5.92 Å². The lowest BCUT2D eigenvalue weighted by Gasteiger charge is -2.49. The van der Waals surface area contributed by atoms with E-state index in [1.54, 1.807) is 0 Å². The molecule has 0 spiro atoms. The van der Waals surface area contributed by atoms with Gasteiger partial charge in [0.25, 0.3) is 0 Å². The average Bonchev–Trinajstić information content (AvgIpc) is 2.67. The van der Waals surface area contributed by atoms with E-state index in [4.69, 9.17) is 4.42 Å². The number of hydrogen-bond acceptors (Lipinski definition) is 3. The van der Waals surface area contributed by atoms with Gasteiger partial charge in [-0.15, -0.1) is 0 Å².